The monoisotopic (exact) mass is 1770 g/mol. The van der Waals surface area contributed by atoms with E-state index < -0.39 is 0 Å². The zero-order valence-corrected chi connectivity index (χ0v) is 78.1. The summed E-state index contributed by atoms with van der Waals surface area (Å²) in [5.74, 6) is 8.14. The Balaban J connectivity index is 0.0000151. The summed E-state index contributed by atoms with van der Waals surface area (Å²) in [5.41, 5.74) is 10.4. The standard InChI is InChI=1S/C116H136N8O4.Cu/c1-5-9-13-17-21-25-29-33-37-41-45-49-53-65-89-69-57-73-93(85-89)125-101-81-61-77-97-105(101)113-117-109(97)122-114-107-99(79-63-83-103(107)127-95-75-59-71-91(87-95)67-55-51-47-43-39-35-31-27-23-19-15-11-7-3)111(119-114)124-116-108-100(80-64-84-104(108)128-96-76-60-72-92(88-96)68-56-52-48-44-40-36-32-28-24-20-16-12-8-4)112(120-116)123-115-106-98(110(118-115)121-113)78-62-82-102(106)126-94-74-58-70-90(86-94)66-54-50-46-42-38-34-30-26-22-18-14-10-6-2;/h13-20,25-32,57-64,69-88H,5-12,21-24,33-56,65-68H2,1-4H3;/b17-13+,18-14+,19-15+,20-16+,29-25+,30-26+,31-27+,32-28+,121-110?,121-113?,122-109?,122-114?,123-112?,123-115?,124-111?,124-116?;. The van der Waals surface area contributed by atoms with Crippen LogP contribution in [-0.4, -0.2) is 46.7 Å². The molecule has 129 heavy (non-hydrogen) atoms. The molecule has 0 N–H and O–H groups in total. The molecule has 5 aliphatic rings. The number of aryl methyl sites for hydroxylation is 4. The van der Waals surface area contributed by atoms with Gasteiger partial charge in [0.05, 0.1) is 22.3 Å². The molecular formula is C116H136CuN8O4. The van der Waals surface area contributed by atoms with Crippen molar-refractivity contribution in [1.82, 2.24) is 0 Å². The third kappa shape index (κ3) is 30.4. The molecule has 13 rings (SSSR count). The Hall–Kier alpha value is -11.2. The minimum Gasteiger partial charge on any atom is -0.457 e. The van der Waals surface area contributed by atoms with Gasteiger partial charge in [-0.2, -0.15) is 0 Å². The van der Waals surface area contributed by atoms with Gasteiger partial charge in [0.1, 0.15) is 46.0 Å². The third-order valence-electron chi connectivity index (χ3n) is 23.8. The van der Waals surface area contributed by atoms with Crippen LogP contribution in [0.2, 0.25) is 0 Å². The topological polar surface area (TPSA) is 136 Å². The van der Waals surface area contributed by atoms with Crippen LogP contribution < -0.4 is 18.9 Å². The van der Waals surface area contributed by atoms with Crippen LogP contribution in [0.25, 0.3) is 0 Å². The minimum absolute atomic E-state index is 0. The Morgan fingerprint density at radius 2 is 0.395 bits per heavy atom. The largest absolute Gasteiger partial charge is 0.457 e. The number of fused-ring (bicyclic) bond motifs is 16. The van der Waals surface area contributed by atoms with Crippen molar-refractivity contribution in [1.29, 1.82) is 0 Å². The maximum absolute atomic E-state index is 7.12. The van der Waals surface area contributed by atoms with Crippen LogP contribution in [0.5, 0.6) is 46.0 Å². The molecule has 1 radical (unpaired) electrons. The van der Waals surface area contributed by atoms with Crippen molar-refractivity contribution >= 4 is 46.7 Å². The van der Waals surface area contributed by atoms with Gasteiger partial charge in [-0.15, -0.1) is 0 Å². The van der Waals surface area contributed by atoms with Gasteiger partial charge in [0.2, 0.25) is 0 Å². The van der Waals surface area contributed by atoms with Gasteiger partial charge in [-0.1, -0.05) is 325 Å². The van der Waals surface area contributed by atoms with E-state index in [-0.39, 0.29) is 17.1 Å². The molecule has 0 aliphatic carbocycles. The van der Waals surface area contributed by atoms with Crippen LogP contribution in [0.15, 0.2) is 307 Å². The first-order valence-electron chi connectivity index (χ1n) is 48.9. The number of ether oxygens (including phenoxy) is 4. The molecule has 8 aromatic carbocycles. The molecule has 13 heteroatoms. The molecule has 0 saturated heterocycles. The van der Waals surface area contributed by atoms with Crippen molar-refractivity contribution in [3.05, 3.63) is 334 Å². The Kier molecular flexibility index (Phi) is 41.2. The smallest absolute Gasteiger partial charge is 0.168 e. The SMILES string of the molecule is CCC/C=C/C/C=C/CCCCCCCc1cccc(Oc2cccc3c2C2=NC3=NC3=NC(=NC4=NC(=NC5=NC(=N2)c2cccc(Oc6cccc(CCCCCCC/C=C/C/C=C/CCC)c6)c25)c2cccc(Oc5cccc(CCCCCCC/C=C/C/C=C/CCC)c5)c24)c2cccc(Oc4cccc(CCCCCCC/C=C/C/C=C/CCC)c4)c23)c1.[Cu]. The van der Waals surface area contributed by atoms with E-state index in [9.17, 15) is 0 Å². The summed E-state index contributed by atoms with van der Waals surface area (Å²) in [4.78, 5) is 44.2. The van der Waals surface area contributed by atoms with E-state index >= 15 is 0 Å². The predicted octanol–water partition coefficient (Wildman–Crippen LogP) is 32.7. The van der Waals surface area contributed by atoms with Gasteiger partial charge in [0.25, 0.3) is 0 Å². The summed E-state index contributed by atoms with van der Waals surface area (Å²) >= 11 is 0. The number of hydrogen-bond donors (Lipinski definition) is 0. The zero-order chi connectivity index (χ0) is 88.0. The van der Waals surface area contributed by atoms with Crippen LogP contribution in [-0.2, 0) is 42.8 Å². The molecular weight excluding hydrogens is 1630 g/mol. The number of benzene rings is 8. The molecule has 0 aromatic heterocycles. The van der Waals surface area contributed by atoms with E-state index in [1.54, 1.807) is 0 Å². The maximum Gasteiger partial charge on any atom is 0.168 e. The number of rotatable bonds is 56. The van der Waals surface area contributed by atoms with Gasteiger partial charge in [0.15, 0.2) is 46.7 Å². The Bertz CT molecular complexity index is 4790. The molecule has 8 aromatic rings. The van der Waals surface area contributed by atoms with Crippen LogP contribution in [0.4, 0.5) is 0 Å². The summed E-state index contributed by atoms with van der Waals surface area (Å²) in [5, 5.41) is 0. The van der Waals surface area contributed by atoms with Crippen molar-refractivity contribution in [3.63, 3.8) is 0 Å². The second-order valence-corrected chi connectivity index (χ2v) is 34.3. The van der Waals surface area contributed by atoms with E-state index in [1.807, 2.05) is 97.1 Å². The van der Waals surface area contributed by atoms with Crippen molar-refractivity contribution in [2.75, 3.05) is 0 Å². The maximum atomic E-state index is 7.12. The van der Waals surface area contributed by atoms with E-state index in [2.05, 4.69) is 198 Å². The van der Waals surface area contributed by atoms with Gasteiger partial charge in [0, 0.05) is 39.3 Å². The first kappa shape index (κ1) is 96.8. The summed E-state index contributed by atoms with van der Waals surface area (Å²) in [6.07, 6.45) is 82.5. The first-order valence-corrected chi connectivity index (χ1v) is 48.9. The quantitative estimate of drug-likeness (QED) is 0.0213. The Morgan fingerprint density at radius 3 is 0.620 bits per heavy atom. The number of aliphatic imine (C=N–C) groups is 8. The number of amidine groups is 8. The number of hydrogen-bond acceptors (Lipinski definition) is 12. The van der Waals surface area contributed by atoms with Crippen molar-refractivity contribution in [3.8, 4) is 46.0 Å². The van der Waals surface area contributed by atoms with Gasteiger partial charge in [-0.05, 0) is 249 Å². The van der Waals surface area contributed by atoms with Crippen molar-refractivity contribution in [2.45, 2.75) is 285 Å². The predicted molar refractivity (Wildman–Crippen MR) is 541 cm³/mol. The number of allylic oxidation sites excluding steroid dienone is 16. The van der Waals surface area contributed by atoms with Gasteiger partial charge in [-0.25, -0.2) is 39.9 Å². The van der Waals surface area contributed by atoms with Crippen LogP contribution >= 0.6 is 0 Å². The van der Waals surface area contributed by atoms with E-state index in [1.165, 1.54) is 151 Å². The normalized spacial score (nSPS) is 13.8. The number of nitrogens with zero attached hydrogens (tertiary/aromatic N) is 8. The third-order valence-corrected chi connectivity index (χ3v) is 23.8. The molecule has 0 amide bonds. The Morgan fingerprint density at radius 1 is 0.202 bits per heavy atom. The average molecular weight is 1770 g/mol. The fourth-order valence-electron chi connectivity index (χ4n) is 16.8. The molecule has 12 nitrogen and oxygen atoms in total. The summed E-state index contributed by atoms with van der Waals surface area (Å²) < 4.78 is 28.5. The van der Waals surface area contributed by atoms with Crippen molar-refractivity contribution in [2.24, 2.45) is 39.9 Å². The summed E-state index contributed by atoms with van der Waals surface area (Å²) in [6.45, 7) is 8.90. The van der Waals surface area contributed by atoms with Crippen LogP contribution in [0, 0.1) is 0 Å². The van der Waals surface area contributed by atoms with Gasteiger partial charge < -0.3 is 18.9 Å². The fourth-order valence-corrected chi connectivity index (χ4v) is 16.8. The van der Waals surface area contributed by atoms with E-state index in [4.69, 9.17) is 58.9 Å². The molecule has 0 saturated carbocycles. The minimum atomic E-state index is 0. The average Bonchev–Trinajstić information content (AvgIpc) is 1.60. The molecule has 675 valence electrons. The molecule has 5 heterocycles. The fraction of sp³-hybridized carbons (Fsp3) is 0.379. The van der Waals surface area contributed by atoms with Gasteiger partial charge in [-0.3, -0.25) is 0 Å². The molecule has 0 spiro atoms. The van der Waals surface area contributed by atoms with Crippen LogP contribution in [0.1, 0.15) is 326 Å². The molecule has 0 atom stereocenters. The van der Waals surface area contributed by atoms with E-state index in [0.29, 0.717) is 137 Å². The zero-order valence-electron chi connectivity index (χ0n) is 77.2. The van der Waals surface area contributed by atoms with Crippen molar-refractivity contribution < 1.29 is 36.0 Å². The molecule has 0 unspecified atom stereocenters. The molecule has 5 aliphatic heterocycles. The van der Waals surface area contributed by atoms with Crippen LogP contribution in [0.3, 0.4) is 0 Å². The second-order valence-electron chi connectivity index (χ2n) is 34.3. The molecule has 8 bridgehead atoms. The molecule has 0 fully saturated rings. The van der Waals surface area contributed by atoms with E-state index in [0.717, 1.165) is 128 Å². The first-order chi connectivity index (χ1) is 63.4. The van der Waals surface area contributed by atoms with Gasteiger partial charge >= 0.3 is 0 Å². The number of unbranched alkanes of at least 4 members (excludes halogenated alkanes) is 24. The second kappa shape index (κ2) is 54.9. The summed E-state index contributed by atoms with van der Waals surface area (Å²) in [6, 6.07) is 58.1. The Labute approximate surface area is 781 Å². The summed E-state index contributed by atoms with van der Waals surface area (Å²) in [7, 11) is 0.